The van der Waals surface area contributed by atoms with Crippen molar-refractivity contribution < 1.29 is 75.4 Å². The molecule has 25 nitrogen and oxygen atoms in total. The number of rotatable bonds is 12. The smallest absolute Gasteiger partial charge is 0.381 e. The van der Waals surface area contributed by atoms with E-state index in [1.165, 1.54) is 108 Å². The molecule has 3 unspecified atom stereocenters. The number of ether oxygens (including phenoxy) is 1. The van der Waals surface area contributed by atoms with Gasteiger partial charge in [-0.1, -0.05) is 111 Å². The third kappa shape index (κ3) is 20.3. The summed E-state index contributed by atoms with van der Waals surface area (Å²) in [6.07, 6.45) is 6.77. The summed E-state index contributed by atoms with van der Waals surface area (Å²) in [6.45, 7) is 10.6. The number of alkyl halides is 3. The van der Waals surface area contributed by atoms with E-state index < -0.39 is 180 Å². The van der Waals surface area contributed by atoms with Crippen LogP contribution < -0.4 is 16.0 Å². The second-order valence-electron chi connectivity index (χ2n) is 33.9. The highest BCUT2D eigenvalue weighted by Crippen LogP contribution is 2.50. The van der Waals surface area contributed by atoms with Gasteiger partial charge in [-0.25, -0.2) is 0 Å². The minimum atomic E-state index is -4.51. The van der Waals surface area contributed by atoms with E-state index in [9.17, 15) is 41.9 Å². The molecule has 13 atom stereocenters. The van der Waals surface area contributed by atoms with Gasteiger partial charge in [0.2, 0.25) is 70.9 Å². The van der Waals surface area contributed by atoms with Gasteiger partial charge in [0.15, 0.2) is 0 Å². The summed E-state index contributed by atoms with van der Waals surface area (Å²) >= 11 is 0. The Balaban J connectivity index is 1.19. The molecular weight excluding hydrogens is 1360 g/mol. The minimum Gasteiger partial charge on any atom is -0.381 e. The molecule has 5 aliphatic carbocycles. The maximum atomic E-state index is 15.8. The first-order chi connectivity index (χ1) is 49.3. The molecule has 1 spiro atoms. The zero-order valence-corrected chi connectivity index (χ0v) is 65.2. The quantitative estimate of drug-likeness (QED) is 0.185. The third-order valence-electron chi connectivity index (χ3n) is 24.8. The first kappa shape index (κ1) is 83.8. The number of carbonyl (C=O) groups excluding carboxylic acids is 12. The van der Waals surface area contributed by atoms with Crippen molar-refractivity contribution in [2.24, 2.45) is 52.8 Å². The van der Waals surface area contributed by atoms with E-state index in [0.717, 1.165) is 51.4 Å². The topological polar surface area (TPSA) is 279 Å². The van der Waals surface area contributed by atoms with Gasteiger partial charge in [0.1, 0.15) is 53.9 Å². The second kappa shape index (κ2) is 35.4. The molecule has 12 amide bonds. The van der Waals surface area contributed by atoms with Crippen molar-refractivity contribution in [1.82, 2.24) is 60.0 Å². The van der Waals surface area contributed by atoms with Gasteiger partial charge in [-0.3, -0.25) is 57.5 Å². The van der Waals surface area contributed by atoms with Crippen LogP contribution in [0.3, 0.4) is 0 Å². The zero-order chi connectivity index (χ0) is 77.5. The van der Waals surface area contributed by atoms with Crippen molar-refractivity contribution >= 4 is 70.9 Å². The van der Waals surface area contributed by atoms with Crippen LogP contribution >= 0.6 is 0 Å². The summed E-state index contributed by atoms with van der Waals surface area (Å²) in [6, 6.07) is -9.76. The number of halogens is 3. The van der Waals surface area contributed by atoms with Gasteiger partial charge in [0, 0.05) is 76.6 Å². The molecule has 5 saturated carbocycles. The number of hydrogen-bond donors (Lipinski definition) is 3. The molecule has 0 aromatic heterocycles. The summed E-state index contributed by atoms with van der Waals surface area (Å²) in [5, 5.41) is 8.97. The number of amides is 12. The predicted molar refractivity (Wildman–Crippen MR) is 387 cm³/mol. The van der Waals surface area contributed by atoms with Gasteiger partial charge in [0.25, 0.3) is 0 Å². The van der Waals surface area contributed by atoms with Gasteiger partial charge in [-0.15, -0.1) is 0 Å². The molecule has 2 bridgehead atoms. The van der Waals surface area contributed by atoms with Crippen LogP contribution in [0.2, 0.25) is 0 Å². The maximum Gasteiger partial charge on any atom is 0.394 e. The van der Waals surface area contributed by atoms with Crippen molar-refractivity contribution in [2.75, 3.05) is 89.7 Å². The molecule has 7 fully saturated rings. The van der Waals surface area contributed by atoms with Crippen LogP contribution in [-0.4, -0.2) is 271 Å². The molecule has 28 heteroatoms. The molecular formula is C77H123F3N12O13. The van der Waals surface area contributed by atoms with Crippen molar-refractivity contribution in [1.29, 1.82) is 0 Å². The van der Waals surface area contributed by atoms with Crippen molar-refractivity contribution in [3.63, 3.8) is 0 Å². The van der Waals surface area contributed by atoms with Gasteiger partial charge in [-0.05, 0) is 137 Å². The first-order valence-electron chi connectivity index (χ1n) is 38.9. The monoisotopic (exact) mass is 1480 g/mol. The highest BCUT2D eigenvalue weighted by molar-refractivity contribution is 6.01. The Bertz CT molecular complexity index is 3180. The molecule has 3 heterocycles. The lowest BCUT2D eigenvalue weighted by Crippen LogP contribution is -2.71. The van der Waals surface area contributed by atoms with Crippen LogP contribution in [0.4, 0.5) is 13.2 Å². The van der Waals surface area contributed by atoms with Crippen LogP contribution in [0.5, 0.6) is 0 Å². The molecule has 8 rings (SSSR count). The van der Waals surface area contributed by atoms with E-state index in [1.54, 1.807) is 13.0 Å². The van der Waals surface area contributed by atoms with Crippen molar-refractivity contribution in [3.05, 3.63) is 12.2 Å². The minimum absolute atomic E-state index is 0.00746. The number of hydrogen-bond acceptors (Lipinski definition) is 13. The highest BCUT2D eigenvalue weighted by atomic mass is 19.4. The van der Waals surface area contributed by atoms with Crippen LogP contribution in [0.15, 0.2) is 12.2 Å². The fourth-order valence-corrected chi connectivity index (χ4v) is 18.1. The number of likely N-dealkylation sites (N-methyl/N-ethyl adjacent to an activating group) is 7. The molecule has 0 aromatic carbocycles. The Labute approximate surface area is 620 Å². The number of carbonyl (C=O) groups is 12. The van der Waals surface area contributed by atoms with Gasteiger partial charge < -0.3 is 64.8 Å². The molecule has 3 aliphatic heterocycles. The Kier molecular flexibility index (Phi) is 28.3. The molecule has 8 aliphatic rings. The number of fused-ring (bicyclic) bond motifs is 3. The number of nitrogens with one attached hydrogen (secondary N) is 3. The summed E-state index contributed by atoms with van der Waals surface area (Å²) in [4.78, 5) is 194. The van der Waals surface area contributed by atoms with Crippen molar-refractivity contribution in [2.45, 2.75) is 262 Å². The third-order valence-corrected chi connectivity index (χ3v) is 24.8. The Morgan fingerprint density at radius 2 is 1.26 bits per heavy atom. The number of nitrogens with zero attached hydrogens (tertiary/aromatic N) is 9. The lowest BCUT2D eigenvalue weighted by atomic mass is 9.58. The second-order valence-corrected chi connectivity index (χ2v) is 33.9. The average molecular weight is 1480 g/mol. The highest BCUT2D eigenvalue weighted by Gasteiger charge is 2.59. The van der Waals surface area contributed by atoms with E-state index in [-0.39, 0.29) is 107 Å². The zero-order valence-electron chi connectivity index (χ0n) is 65.2. The van der Waals surface area contributed by atoms with Crippen LogP contribution in [0.1, 0.15) is 196 Å². The van der Waals surface area contributed by atoms with E-state index in [4.69, 9.17) is 4.74 Å². The molecule has 2 saturated heterocycles. The summed E-state index contributed by atoms with van der Waals surface area (Å²) < 4.78 is 48.3. The summed E-state index contributed by atoms with van der Waals surface area (Å²) in [7, 11) is 12.9. The Morgan fingerprint density at radius 3 is 1.85 bits per heavy atom. The van der Waals surface area contributed by atoms with E-state index in [1.807, 2.05) is 33.8 Å². The van der Waals surface area contributed by atoms with Crippen molar-refractivity contribution in [3.8, 4) is 0 Å². The van der Waals surface area contributed by atoms with Crippen LogP contribution in [-0.2, 0) is 62.3 Å². The summed E-state index contributed by atoms with van der Waals surface area (Å²) in [5.41, 5.74) is -2.10. The summed E-state index contributed by atoms with van der Waals surface area (Å²) in [5.74, 6) is -10.2. The van der Waals surface area contributed by atoms with Crippen LogP contribution in [0, 0.1) is 52.8 Å². The van der Waals surface area contributed by atoms with Gasteiger partial charge >= 0.3 is 6.18 Å². The molecule has 0 radical (unpaired) electrons. The lowest BCUT2D eigenvalue weighted by Gasteiger charge is -2.54. The van der Waals surface area contributed by atoms with Gasteiger partial charge in [0.05, 0.1) is 31.5 Å². The fraction of sp³-hybridized carbons (Fsp3) is 0.818. The average Bonchev–Trinajstić information content (AvgIpc) is 1.43. The number of methoxy groups -OCH3 is 1. The largest absolute Gasteiger partial charge is 0.394 e. The van der Waals surface area contributed by atoms with Gasteiger partial charge in [-0.2, -0.15) is 13.2 Å². The fourth-order valence-electron chi connectivity index (χ4n) is 18.1. The molecule has 0 aromatic rings. The molecule has 590 valence electrons. The Morgan fingerprint density at radius 1 is 0.648 bits per heavy atom. The maximum absolute atomic E-state index is 15.8. The Hall–Kier alpha value is -6.87. The molecule has 105 heavy (non-hydrogen) atoms. The first-order valence-corrected chi connectivity index (χ1v) is 38.9. The van der Waals surface area contributed by atoms with E-state index in [0.29, 0.717) is 31.6 Å². The SMILES string of the molecule is CC[C@H](C)[C@@H]1NC(=O)[C@H](CC2CC2)N(C)C(=O)C[C@@H](C(=O)N(C)C)N(C)C(=O)[C@H](C2CCCC2)N(C)C(=O)C2(CC(C)(C)C2)NC(=O)[C@@H]2C[C@@H](C)CN2C(=O)[C@H](CCC2CCC(C(F)(F)F)C(OC)C2)NC(=O)CN(C)C(=O)[C@H](CC2CCC(C)CC2)N2CC/C=C\C[C@@H](C2=O)N(C)C(=O)CN(C)C1=O. The van der Waals surface area contributed by atoms with E-state index >= 15 is 28.8 Å². The normalized spacial score (nSPS) is 32.8. The standard InChI is InChI=1S/C77H123F3N12O13/c1-16-48(4)64-72(102)86(10)43-63(95)87(11)55-24-18-17-21-35-91(71(55)101)59(38-49-27-25-46(2)26-28-49)70(100)85(9)42-61(93)81-54(34-32-51-31-33-53(77(78,79)80)60(39-51)105-15)68(98)92-41-47(3)36-57(92)67(97)83-76(44-75(5,6)45-76)74(104)90(14)65(52-22-19-20-23-52)73(103)89(13)58(69(99)84(7)8)40-62(94)88(12)56(66(96)82-64)37-50-29-30-50/h17-18,46-60,64-65H,16,19-45H2,1-15H3,(H,81,93)(H,82,96)(H,83,97)/b18-17-/t46?,47-,48+,49?,51?,53?,54+,55+,56+,57+,58+,59+,60?,64+,65+/m1/s1. The predicted octanol–water partition coefficient (Wildman–Crippen LogP) is 6.16. The molecule has 3 N–H and O–H groups in total. The lowest BCUT2D eigenvalue weighted by molar-refractivity contribution is -0.215. The van der Waals surface area contributed by atoms with E-state index in [2.05, 4.69) is 22.9 Å². The van der Waals surface area contributed by atoms with Crippen LogP contribution in [0.25, 0.3) is 0 Å².